The number of aromatic nitrogens is 2. The lowest BCUT2D eigenvalue weighted by molar-refractivity contribution is 0.0937. The molecule has 0 unspecified atom stereocenters. The first-order chi connectivity index (χ1) is 18.5. The van der Waals surface area contributed by atoms with Gasteiger partial charge in [0.15, 0.2) is 5.16 Å². The van der Waals surface area contributed by atoms with E-state index in [4.69, 9.17) is 14.7 Å². The predicted octanol–water partition coefficient (Wildman–Crippen LogP) is 4.60. The molecule has 1 fully saturated rings. The Hall–Kier alpha value is -3.20. The van der Waals surface area contributed by atoms with Gasteiger partial charge < -0.3 is 15.0 Å². The number of methoxy groups -OCH3 is 1. The van der Waals surface area contributed by atoms with E-state index in [1.165, 1.54) is 5.56 Å². The number of nitrogens with one attached hydrogen (secondary N) is 1. The van der Waals surface area contributed by atoms with Crippen LogP contribution in [0.4, 0.5) is 5.82 Å². The van der Waals surface area contributed by atoms with Gasteiger partial charge >= 0.3 is 0 Å². The van der Waals surface area contributed by atoms with E-state index in [2.05, 4.69) is 65.4 Å². The maximum absolute atomic E-state index is 12.2. The van der Waals surface area contributed by atoms with Crippen LogP contribution in [0.5, 0.6) is 0 Å². The zero-order valence-electron chi connectivity index (χ0n) is 22.5. The van der Waals surface area contributed by atoms with Gasteiger partial charge in [-0.2, -0.15) is 0 Å². The van der Waals surface area contributed by atoms with Crippen LogP contribution in [0.25, 0.3) is 6.08 Å². The smallest absolute Gasteiger partial charge is 0.251 e. The molecule has 2 aromatic carbocycles. The van der Waals surface area contributed by atoms with Crippen molar-refractivity contribution in [3.8, 4) is 0 Å². The van der Waals surface area contributed by atoms with Crippen molar-refractivity contribution < 1.29 is 9.53 Å². The summed E-state index contributed by atoms with van der Waals surface area (Å²) in [4.78, 5) is 26.8. The van der Waals surface area contributed by atoms with Gasteiger partial charge in [0.05, 0.1) is 6.61 Å². The number of piperazine rings is 1. The van der Waals surface area contributed by atoms with Gasteiger partial charge in [-0.15, -0.1) is 0 Å². The second-order valence-electron chi connectivity index (χ2n) is 9.38. The quantitative estimate of drug-likeness (QED) is 0.220. The predicted molar refractivity (Wildman–Crippen MR) is 156 cm³/mol. The molecule has 3 aromatic rings. The first-order valence-electron chi connectivity index (χ1n) is 13.1. The number of hydrogen-bond acceptors (Lipinski definition) is 7. The summed E-state index contributed by atoms with van der Waals surface area (Å²) in [7, 11) is 1.62. The third-order valence-electron chi connectivity index (χ3n) is 6.66. The minimum atomic E-state index is -0.0873. The highest BCUT2D eigenvalue weighted by atomic mass is 32.2. The fourth-order valence-electron chi connectivity index (χ4n) is 4.27. The van der Waals surface area contributed by atoms with Gasteiger partial charge in [0.1, 0.15) is 5.82 Å². The molecule has 0 aliphatic carbocycles. The third kappa shape index (κ3) is 7.90. The Morgan fingerprint density at radius 1 is 1.03 bits per heavy atom. The van der Waals surface area contributed by atoms with Crippen LogP contribution in [-0.2, 0) is 10.5 Å². The molecule has 0 saturated carbocycles. The highest BCUT2D eigenvalue weighted by Crippen LogP contribution is 2.27. The molecule has 1 saturated heterocycles. The van der Waals surface area contributed by atoms with E-state index in [9.17, 15) is 4.79 Å². The first kappa shape index (κ1) is 27.8. The number of nitrogens with zero attached hydrogens (tertiary/aromatic N) is 4. The fourth-order valence-corrected chi connectivity index (χ4v) is 5.11. The summed E-state index contributed by atoms with van der Waals surface area (Å²) < 4.78 is 4.98. The van der Waals surface area contributed by atoms with E-state index < -0.39 is 0 Å². The number of carbonyl (C=O) groups is 1. The summed E-state index contributed by atoms with van der Waals surface area (Å²) in [6.07, 6.45) is 4.44. The van der Waals surface area contributed by atoms with E-state index in [1.807, 2.05) is 30.3 Å². The van der Waals surface area contributed by atoms with Crippen molar-refractivity contribution in [3.63, 3.8) is 0 Å². The molecule has 0 bridgehead atoms. The molecule has 1 aromatic heterocycles. The number of rotatable bonds is 11. The number of hydrogen-bond donors (Lipinski definition) is 1. The van der Waals surface area contributed by atoms with E-state index in [0.29, 0.717) is 18.7 Å². The molecule has 1 aliphatic rings. The van der Waals surface area contributed by atoms with Crippen molar-refractivity contribution in [3.05, 3.63) is 88.6 Å². The van der Waals surface area contributed by atoms with Crippen LogP contribution in [0, 0.1) is 13.8 Å². The van der Waals surface area contributed by atoms with Crippen molar-refractivity contribution in [1.82, 2.24) is 20.2 Å². The van der Waals surface area contributed by atoms with Gasteiger partial charge in [-0.3, -0.25) is 9.69 Å². The number of carbonyl (C=O) groups excluding carboxylic acids is 1. The molecule has 1 N–H and O–H groups in total. The molecule has 38 heavy (non-hydrogen) atoms. The number of anilines is 1. The van der Waals surface area contributed by atoms with Crippen LogP contribution >= 0.6 is 11.8 Å². The average Bonchev–Trinajstić information content (AvgIpc) is 2.95. The summed E-state index contributed by atoms with van der Waals surface area (Å²) in [5, 5.41) is 3.63. The maximum atomic E-state index is 12.2. The van der Waals surface area contributed by atoms with Crippen molar-refractivity contribution in [1.29, 1.82) is 0 Å². The van der Waals surface area contributed by atoms with E-state index in [0.717, 1.165) is 66.3 Å². The zero-order valence-corrected chi connectivity index (χ0v) is 23.3. The second-order valence-corrected chi connectivity index (χ2v) is 10.3. The minimum absolute atomic E-state index is 0.0873. The van der Waals surface area contributed by atoms with Crippen LogP contribution in [-0.4, -0.2) is 73.8 Å². The van der Waals surface area contributed by atoms with Crippen LogP contribution in [0.15, 0.2) is 65.8 Å². The number of benzene rings is 2. The van der Waals surface area contributed by atoms with E-state index in [1.54, 1.807) is 18.9 Å². The summed E-state index contributed by atoms with van der Waals surface area (Å²) in [6.45, 7) is 10.1. The lowest BCUT2D eigenvalue weighted by Crippen LogP contribution is -2.47. The van der Waals surface area contributed by atoms with E-state index in [-0.39, 0.29) is 5.91 Å². The molecule has 4 rings (SSSR count). The molecule has 2 heterocycles. The summed E-state index contributed by atoms with van der Waals surface area (Å²) in [5.41, 5.74) is 5.19. The van der Waals surface area contributed by atoms with Crippen LogP contribution in [0.1, 0.15) is 32.7 Å². The molecule has 0 radical (unpaired) electrons. The highest BCUT2D eigenvalue weighted by Gasteiger charge is 2.21. The number of amides is 1. The van der Waals surface area contributed by atoms with Gasteiger partial charge in [-0.05, 0) is 37.1 Å². The minimum Gasteiger partial charge on any atom is -0.383 e. The number of thioether (sulfide) groups is 1. The molecule has 1 amide bonds. The van der Waals surface area contributed by atoms with E-state index >= 15 is 0 Å². The van der Waals surface area contributed by atoms with Crippen LogP contribution < -0.4 is 10.2 Å². The normalized spacial score (nSPS) is 14.2. The third-order valence-corrected chi connectivity index (χ3v) is 7.58. The standard InChI is InChI=1S/C30H37N5O2S/c1-23-24(2)32-30(38-22-26-11-13-27(14-12-26)29(36)31-15-21-37-3)33-28(23)35-19-17-34(18-20-35)16-7-10-25-8-5-4-6-9-25/h4-14H,15-22H2,1-3H3,(H,31,36). The Kier molecular flexibility index (Phi) is 10.3. The monoisotopic (exact) mass is 531 g/mol. The summed E-state index contributed by atoms with van der Waals surface area (Å²) >= 11 is 1.63. The molecule has 0 atom stereocenters. The Morgan fingerprint density at radius 3 is 2.47 bits per heavy atom. The fraction of sp³-hybridized carbons (Fsp3) is 0.367. The molecule has 0 spiro atoms. The molecule has 8 heteroatoms. The molecular weight excluding hydrogens is 494 g/mol. The zero-order chi connectivity index (χ0) is 26.7. The lowest BCUT2D eigenvalue weighted by Gasteiger charge is -2.35. The SMILES string of the molecule is COCCNC(=O)c1ccc(CSc2nc(C)c(C)c(N3CCN(CC=Cc4ccccc4)CC3)n2)cc1. The highest BCUT2D eigenvalue weighted by molar-refractivity contribution is 7.98. The van der Waals surface area contributed by atoms with Crippen LogP contribution in [0.3, 0.4) is 0 Å². The van der Waals surface area contributed by atoms with Gasteiger partial charge in [0, 0.05) is 69.0 Å². The van der Waals surface area contributed by atoms with Crippen molar-refractivity contribution in [2.75, 3.05) is 57.9 Å². The lowest BCUT2D eigenvalue weighted by atomic mass is 10.1. The van der Waals surface area contributed by atoms with Gasteiger partial charge in [0.25, 0.3) is 5.91 Å². The largest absolute Gasteiger partial charge is 0.383 e. The number of ether oxygens (including phenoxy) is 1. The first-order valence-corrected chi connectivity index (χ1v) is 14.0. The van der Waals surface area contributed by atoms with Crippen LogP contribution in [0.2, 0.25) is 0 Å². The Labute approximate surface area is 230 Å². The van der Waals surface area contributed by atoms with Gasteiger partial charge in [-0.1, -0.05) is 66.4 Å². The van der Waals surface area contributed by atoms with Crippen molar-refractivity contribution in [2.24, 2.45) is 0 Å². The topological polar surface area (TPSA) is 70.6 Å². The van der Waals surface area contributed by atoms with Gasteiger partial charge in [0.2, 0.25) is 0 Å². The molecule has 200 valence electrons. The Bertz CT molecular complexity index is 1210. The summed E-state index contributed by atoms with van der Waals surface area (Å²) in [5.74, 6) is 1.70. The van der Waals surface area contributed by atoms with Crippen molar-refractivity contribution in [2.45, 2.75) is 24.8 Å². The van der Waals surface area contributed by atoms with Gasteiger partial charge in [-0.25, -0.2) is 9.97 Å². The summed E-state index contributed by atoms with van der Waals surface area (Å²) in [6, 6.07) is 18.1. The molecule has 1 aliphatic heterocycles. The number of aryl methyl sites for hydroxylation is 1. The van der Waals surface area contributed by atoms with Crippen molar-refractivity contribution >= 4 is 29.6 Å². The Balaban J connectivity index is 1.30. The molecule has 7 nitrogen and oxygen atoms in total. The molecular formula is C30H37N5O2S. The second kappa shape index (κ2) is 14.1. The Morgan fingerprint density at radius 2 is 1.76 bits per heavy atom. The average molecular weight is 532 g/mol. The maximum Gasteiger partial charge on any atom is 0.251 e.